The summed E-state index contributed by atoms with van der Waals surface area (Å²) in [5, 5.41) is 7.01. The third-order valence-corrected chi connectivity index (χ3v) is 4.36. The third kappa shape index (κ3) is 2.75. The summed E-state index contributed by atoms with van der Waals surface area (Å²) in [6.45, 7) is 0. The summed E-state index contributed by atoms with van der Waals surface area (Å²) in [5.41, 5.74) is 1.39. The molecule has 1 amide bonds. The van der Waals surface area contributed by atoms with Crippen molar-refractivity contribution in [2.75, 3.05) is 5.32 Å². The number of hydrogen-bond donors (Lipinski definition) is 1. The summed E-state index contributed by atoms with van der Waals surface area (Å²) in [4.78, 5) is 12.0. The average Bonchev–Trinajstić information content (AvgIpc) is 3.01. The topological polar surface area (TPSA) is 46.9 Å². The molecule has 0 radical (unpaired) electrons. The van der Waals surface area contributed by atoms with Gasteiger partial charge >= 0.3 is 6.18 Å². The molecule has 4 rings (SSSR count). The van der Waals surface area contributed by atoms with Crippen molar-refractivity contribution < 1.29 is 18.0 Å². The number of alkyl halides is 3. The number of fused-ring (bicyclic) bond motifs is 1. The van der Waals surface area contributed by atoms with E-state index in [0.717, 1.165) is 0 Å². The predicted molar refractivity (Wildman–Crippen MR) is 91.0 cm³/mol. The van der Waals surface area contributed by atoms with Crippen molar-refractivity contribution in [2.24, 2.45) is 0 Å². The zero-order chi connectivity index (χ0) is 18.3. The number of nitrogens with zero attached hydrogens (tertiary/aromatic N) is 2. The minimum Gasteiger partial charge on any atom is -0.310 e. The molecule has 1 aliphatic heterocycles. The van der Waals surface area contributed by atoms with Gasteiger partial charge in [0, 0.05) is 17.5 Å². The van der Waals surface area contributed by atoms with E-state index < -0.39 is 24.4 Å². The Balaban J connectivity index is 2.00. The number of aromatic nitrogens is 2. The molecule has 2 aromatic carbocycles. The predicted octanol–water partition coefficient (Wildman–Crippen LogP) is 4.53. The van der Waals surface area contributed by atoms with Gasteiger partial charge in [-0.05, 0) is 12.1 Å². The van der Waals surface area contributed by atoms with E-state index >= 15 is 0 Å². The van der Waals surface area contributed by atoms with Crippen LogP contribution in [0.5, 0.6) is 0 Å². The van der Waals surface area contributed by atoms with Gasteiger partial charge in [-0.1, -0.05) is 48.5 Å². The Bertz CT molecular complexity index is 949. The maximum atomic E-state index is 13.7. The average molecular weight is 357 g/mol. The van der Waals surface area contributed by atoms with E-state index in [1.807, 2.05) is 0 Å². The second kappa shape index (κ2) is 6.01. The van der Waals surface area contributed by atoms with E-state index in [1.54, 1.807) is 60.7 Å². The highest BCUT2D eigenvalue weighted by Gasteiger charge is 2.48. The quantitative estimate of drug-likeness (QED) is 0.733. The number of amides is 1. The Morgan fingerprint density at radius 3 is 2.23 bits per heavy atom. The number of para-hydroxylation sites is 1. The van der Waals surface area contributed by atoms with E-state index in [2.05, 4.69) is 10.4 Å². The van der Waals surface area contributed by atoms with Gasteiger partial charge in [-0.15, -0.1) is 0 Å². The number of rotatable bonds is 2. The first kappa shape index (κ1) is 16.4. The summed E-state index contributed by atoms with van der Waals surface area (Å²) < 4.78 is 42.4. The van der Waals surface area contributed by atoms with E-state index in [0.29, 0.717) is 11.3 Å². The van der Waals surface area contributed by atoms with Crippen LogP contribution in [0.2, 0.25) is 0 Å². The second-order valence-corrected chi connectivity index (χ2v) is 6.07. The van der Waals surface area contributed by atoms with Crippen LogP contribution in [0.25, 0.3) is 16.9 Å². The van der Waals surface area contributed by atoms with Crippen LogP contribution in [0, 0.1) is 0 Å². The molecule has 7 heteroatoms. The molecular weight excluding hydrogens is 343 g/mol. The van der Waals surface area contributed by atoms with E-state index in [4.69, 9.17) is 0 Å². The minimum atomic E-state index is -4.54. The molecule has 0 saturated carbocycles. The largest absolute Gasteiger partial charge is 0.396 e. The minimum absolute atomic E-state index is 0.00662. The van der Waals surface area contributed by atoms with Crippen molar-refractivity contribution in [2.45, 2.75) is 18.5 Å². The summed E-state index contributed by atoms with van der Waals surface area (Å²) >= 11 is 0. The number of carbonyl (C=O) groups is 1. The van der Waals surface area contributed by atoms with Crippen molar-refractivity contribution in [1.82, 2.24) is 9.78 Å². The lowest BCUT2D eigenvalue weighted by Crippen LogP contribution is -2.32. The third-order valence-electron chi connectivity index (χ3n) is 4.36. The van der Waals surface area contributed by atoms with Crippen molar-refractivity contribution >= 4 is 11.7 Å². The standard InChI is InChI=1S/C19H14F3N3O/c20-19(21,22)14-11-15(26)23-18-16(14)17(12-7-3-1-4-8-12)24-25(18)13-9-5-2-6-10-13/h1-10,14H,11H2,(H,23,26). The highest BCUT2D eigenvalue weighted by molar-refractivity contribution is 5.96. The van der Waals surface area contributed by atoms with Crippen LogP contribution >= 0.6 is 0 Å². The molecule has 1 unspecified atom stereocenters. The fraction of sp³-hybridized carbons (Fsp3) is 0.158. The fourth-order valence-electron chi connectivity index (χ4n) is 3.20. The maximum Gasteiger partial charge on any atom is 0.396 e. The summed E-state index contributed by atoms with van der Waals surface area (Å²) in [5.74, 6) is -2.48. The molecule has 0 saturated heterocycles. The van der Waals surface area contributed by atoms with E-state index in [-0.39, 0.29) is 17.1 Å². The first-order valence-electron chi connectivity index (χ1n) is 8.05. The first-order chi connectivity index (χ1) is 12.4. The molecule has 0 spiro atoms. The van der Waals surface area contributed by atoms with Gasteiger partial charge < -0.3 is 5.32 Å². The van der Waals surface area contributed by atoms with Crippen molar-refractivity contribution in [3.63, 3.8) is 0 Å². The van der Waals surface area contributed by atoms with Crippen LogP contribution in [-0.4, -0.2) is 21.9 Å². The molecule has 0 aliphatic carbocycles. The molecule has 1 aromatic heterocycles. The van der Waals surface area contributed by atoms with Gasteiger partial charge in [0.2, 0.25) is 5.91 Å². The summed E-state index contributed by atoms with van der Waals surface area (Å²) in [6.07, 6.45) is -5.18. The number of hydrogen-bond acceptors (Lipinski definition) is 2. The van der Waals surface area contributed by atoms with Gasteiger partial charge in [0.25, 0.3) is 0 Å². The zero-order valence-electron chi connectivity index (χ0n) is 13.5. The van der Waals surface area contributed by atoms with Gasteiger partial charge in [0.1, 0.15) is 5.82 Å². The van der Waals surface area contributed by atoms with Crippen molar-refractivity contribution in [3.8, 4) is 16.9 Å². The Labute approximate surface area is 147 Å². The number of carbonyl (C=O) groups excluding carboxylic acids is 1. The van der Waals surface area contributed by atoms with Crippen LogP contribution in [0.1, 0.15) is 17.9 Å². The fourth-order valence-corrected chi connectivity index (χ4v) is 3.20. The first-order valence-corrected chi connectivity index (χ1v) is 8.05. The molecular formula is C19H14F3N3O. The monoisotopic (exact) mass is 357 g/mol. The molecule has 26 heavy (non-hydrogen) atoms. The summed E-state index contributed by atoms with van der Waals surface area (Å²) in [6, 6.07) is 17.5. The van der Waals surface area contributed by atoms with Crippen LogP contribution in [0.15, 0.2) is 60.7 Å². The lowest BCUT2D eigenvalue weighted by Gasteiger charge is -2.26. The van der Waals surface area contributed by atoms with E-state index in [9.17, 15) is 18.0 Å². The normalized spacial score (nSPS) is 16.9. The van der Waals surface area contributed by atoms with Gasteiger partial charge in [-0.3, -0.25) is 4.79 Å². The molecule has 4 nitrogen and oxygen atoms in total. The number of benzene rings is 2. The molecule has 0 bridgehead atoms. The number of anilines is 1. The van der Waals surface area contributed by atoms with Crippen molar-refractivity contribution in [3.05, 3.63) is 66.2 Å². The summed E-state index contributed by atoms with van der Waals surface area (Å²) in [7, 11) is 0. The maximum absolute atomic E-state index is 13.7. The molecule has 1 atom stereocenters. The molecule has 132 valence electrons. The molecule has 2 heterocycles. The SMILES string of the molecule is O=C1CC(C(F)(F)F)c2c(-c3ccccc3)nn(-c3ccccc3)c2N1. The zero-order valence-corrected chi connectivity index (χ0v) is 13.5. The van der Waals surface area contributed by atoms with Crippen LogP contribution in [-0.2, 0) is 4.79 Å². The van der Waals surface area contributed by atoms with Crippen LogP contribution in [0.4, 0.5) is 19.0 Å². The van der Waals surface area contributed by atoms with E-state index in [1.165, 1.54) is 4.68 Å². The lowest BCUT2D eigenvalue weighted by molar-refractivity contribution is -0.156. The smallest absolute Gasteiger partial charge is 0.310 e. The van der Waals surface area contributed by atoms with Gasteiger partial charge in [-0.2, -0.15) is 18.3 Å². The van der Waals surface area contributed by atoms with Gasteiger partial charge in [0.15, 0.2) is 0 Å². The Hall–Kier alpha value is -3.09. The molecule has 1 aliphatic rings. The van der Waals surface area contributed by atoms with Gasteiger partial charge in [-0.25, -0.2) is 4.68 Å². The second-order valence-electron chi connectivity index (χ2n) is 6.07. The Morgan fingerprint density at radius 2 is 1.62 bits per heavy atom. The van der Waals surface area contributed by atoms with Crippen LogP contribution < -0.4 is 5.32 Å². The molecule has 1 N–H and O–H groups in total. The lowest BCUT2D eigenvalue weighted by atomic mass is 9.89. The Kier molecular flexibility index (Phi) is 3.79. The van der Waals surface area contributed by atoms with Gasteiger partial charge in [0.05, 0.1) is 17.3 Å². The highest BCUT2D eigenvalue weighted by atomic mass is 19.4. The number of nitrogens with one attached hydrogen (secondary N) is 1. The molecule has 0 fully saturated rings. The number of halogens is 3. The van der Waals surface area contributed by atoms with Crippen molar-refractivity contribution in [1.29, 1.82) is 0 Å². The Morgan fingerprint density at radius 1 is 1.00 bits per heavy atom. The van der Waals surface area contributed by atoms with Crippen LogP contribution in [0.3, 0.4) is 0 Å². The molecule has 3 aromatic rings. The highest BCUT2D eigenvalue weighted by Crippen LogP contribution is 2.47.